The van der Waals surface area contributed by atoms with Crippen molar-refractivity contribution in [1.82, 2.24) is 4.90 Å². The number of hydrogen-bond donors (Lipinski definition) is 3. The first-order valence-corrected chi connectivity index (χ1v) is 6.17. The second kappa shape index (κ2) is 6.01. The molecule has 2 atom stereocenters. The molecule has 0 radical (unpaired) electrons. The van der Waals surface area contributed by atoms with Gasteiger partial charge >= 0.3 is 0 Å². The second-order valence-electron chi connectivity index (χ2n) is 4.55. The van der Waals surface area contributed by atoms with Gasteiger partial charge in [-0.2, -0.15) is 0 Å². The molecule has 4 N–H and O–H groups in total. The summed E-state index contributed by atoms with van der Waals surface area (Å²) in [5.74, 6) is 4.11. The van der Waals surface area contributed by atoms with Crippen molar-refractivity contribution in [3.05, 3.63) is 35.1 Å². The second-order valence-corrected chi connectivity index (χ2v) is 4.55. The molecule has 1 aliphatic heterocycles. The first-order valence-electron chi connectivity index (χ1n) is 6.17. The lowest BCUT2D eigenvalue weighted by Gasteiger charge is -2.15. The fourth-order valence-electron chi connectivity index (χ4n) is 2.03. The molecule has 1 aliphatic rings. The lowest BCUT2D eigenvalue weighted by Crippen LogP contribution is -2.30. The maximum absolute atomic E-state index is 13.7. The van der Waals surface area contributed by atoms with E-state index in [0.29, 0.717) is 5.56 Å². The fraction of sp³-hybridized carbons (Fsp3) is 0.357. The Hall–Kier alpha value is -1.94. The van der Waals surface area contributed by atoms with Gasteiger partial charge in [-0.3, -0.25) is 4.79 Å². The van der Waals surface area contributed by atoms with Crippen LogP contribution < -0.4 is 5.73 Å². The zero-order chi connectivity index (χ0) is 14.7. The van der Waals surface area contributed by atoms with Crippen LogP contribution in [0.3, 0.4) is 0 Å². The highest BCUT2D eigenvalue weighted by atomic mass is 19.1. The Bertz CT molecular complexity index is 570. The average Bonchev–Trinajstić information content (AvgIpc) is 2.77. The Morgan fingerprint density at radius 1 is 1.40 bits per heavy atom. The quantitative estimate of drug-likeness (QED) is 0.594. The molecule has 5 nitrogen and oxygen atoms in total. The highest BCUT2D eigenvalue weighted by molar-refractivity contribution is 5.95. The number of halogens is 1. The Morgan fingerprint density at radius 3 is 2.65 bits per heavy atom. The Kier molecular flexibility index (Phi) is 4.35. The predicted molar refractivity (Wildman–Crippen MR) is 70.2 cm³/mol. The van der Waals surface area contributed by atoms with Crippen molar-refractivity contribution in [3.63, 3.8) is 0 Å². The molecule has 20 heavy (non-hydrogen) atoms. The monoisotopic (exact) mass is 278 g/mol. The molecular formula is C14H15FN2O3. The summed E-state index contributed by atoms with van der Waals surface area (Å²) >= 11 is 0. The number of amides is 1. The van der Waals surface area contributed by atoms with Gasteiger partial charge < -0.3 is 20.8 Å². The number of nitrogens with zero attached hydrogens (tertiary/aromatic N) is 1. The van der Waals surface area contributed by atoms with Crippen LogP contribution in [-0.4, -0.2) is 52.9 Å². The molecule has 1 heterocycles. The number of aliphatic hydroxyl groups excluding tert-OH is 2. The van der Waals surface area contributed by atoms with E-state index in [4.69, 9.17) is 5.73 Å². The molecular weight excluding hydrogens is 263 g/mol. The number of carbonyl (C=O) groups is 1. The van der Waals surface area contributed by atoms with Gasteiger partial charge in [-0.05, 0) is 18.2 Å². The zero-order valence-corrected chi connectivity index (χ0v) is 10.7. The molecule has 6 heteroatoms. The topological polar surface area (TPSA) is 86.8 Å². The molecule has 0 spiro atoms. The molecule has 2 rings (SSSR count). The number of aliphatic hydroxyl groups is 2. The molecule has 106 valence electrons. The third-order valence-corrected chi connectivity index (χ3v) is 3.08. The summed E-state index contributed by atoms with van der Waals surface area (Å²) in [5.41, 5.74) is 5.61. The largest absolute Gasteiger partial charge is 0.388 e. The van der Waals surface area contributed by atoms with Crippen LogP contribution in [0.1, 0.15) is 15.9 Å². The number of likely N-dealkylation sites (tertiary alicyclic amines) is 1. The summed E-state index contributed by atoms with van der Waals surface area (Å²) in [5, 5.41) is 18.9. The van der Waals surface area contributed by atoms with Gasteiger partial charge in [-0.25, -0.2) is 4.39 Å². The van der Waals surface area contributed by atoms with Crippen molar-refractivity contribution in [2.75, 3.05) is 19.6 Å². The van der Waals surface area contributed by atoms with Crippen LogP contribution in [0.5, 0.6) is 0 Å². The maximum Gasteiger partial charge on any atom is 0.257 e. The van der Waals surface area contributed by atoms with E-state index in [1.54, 1.807) is 0 Å². The molecule has 0 bridgehead atoms. The molecule has 0 aliphatic carbocycles. The van der Waals surface area contributed by atoms with Crippen molar-refractivity contribution in [3.8, 4) is 11.8 Å². The smallest absolute Gasteiger partial charge is 0.257 e. The Morgan fingerprint density at radius 2 is 2.05 bits per heavy atom. The summed E-state index contributed by atoms with van der Waals surface area (Å²) in [6, 6.07) is 3.97. The normalized spacial score (nSPS) is 21.5. The van der Waals surface area contributed by atoms with E-state index in [-0.39, 0.29) is 25.2 Å². The molecule has 1 aromatic carbocycles. The first kappa shape index (κ1) is 14.5. The minimum atomic E-state index is -0.998. The van der Waals surface area contributed by atoms with Crippen molar-refractivity contribution in [2.45, 2.75) is 12.2 Å². The van der Waals surface area contributed by atoms with Crippen LogP contribution in [0.15, 0.2) is 18.2 Å². The number of hydrogen-bond acceptors (Lipinski definition) is 4. The molecule has 0 aromatic heterocycles. The van der Waals surface area contributed by atoms with E-state index in [1.807, 2.05) is 0 Å². The van der Waals surface area contributed by atoms with Gasteiger partial charge in [0.15, 0.2) is 0 Å². The van der Waals surface area contributed by atoms with Crippen molar-refractivity contribution < 1.29 is 19.4 Å². The average molecular weight is 278 g/mol. The number of benzene rings is 1. The van der Waals surface area contributed by atoms with E-state index >= 15 is 0 Å². The minimum absolute atomic E-state index is 0.0157. The van der Waals surface area contributed by atoms with Crippen LogP contribution in [0, 0.1) is 17.7 Å². The lowest BCUT2D eigenvalue weighted by molar-refractivity contribution is 0.0572. The fourth-order valence-corrected chi connectivity index (χ4v) is 2.03. The van der Waals surface area contributed by atoms with Crippen LogP contribution in [-0.2, 0) is 0 Å². The van der Waals surface area contributed by atoms with Gasteiger partial charge in [0.1, 0.15) is 5.82 Å². The van der Waals surface area contributed by atoms with E-state index in [2.05, 4.69) is 11.8 Å². The van der Waals surface area contributed by atoms with Crippen LogP contribution >= 0.6 is 0 Å². The highest BCUT2D eigenvalue weighted by Gasteiger charge is 2.33. The molecule has 1 amide bonds. The first-order chi connectivity index (χ1) is 9.52. The van der Waals surface area contributed by atoms with Crippen molar-refractivity contribution >= 4 is 5.91 Å². The molecule has 1 saturated heterocycles. The summed E-state index contributed by atoms with van der Waals surface area (Å²) in [7, 11) is 0. The minimum Gasteiger partial charge on any atom is -0.388 e. The van der Waals surface area contributed by atoms with Gasteiger partial charge in [0, 0.05) is 18.7 Å². The molecule has 2 unspecified atom stereocenters. The molecule has 1 fully saturated rings. The number of nitrogens with two attached hydrogens (primary N) is 1. The summed E-state index contributed by atoms with van der Waals surface area (Å²) in [6.07, 6.45) is -2.00. The SMILES string of the molecule is NCC#Cc1ccc(F)c(C(=O)N2CC(O)C(O)C2)c1. The van der Waals surface area contributed by atoms with Crippen LogP contribution in [0.2, 0.25) is 0 Å². The van der Waals surface area contributed by atoms with Gasteiger partial charge in [0.2, 0.25) is 0 Å². The van der Waals surface area contributed by atoms with Gasteiger partial charge in [0.05, 0.1) is 24.3 Å². The van der Waals surface area contributed by atoms with Crippen LogP contribution in [0.4, 0.5) is 4.39 Å². The molecule has 0 saturated carbocycles. The summed E-state index contributed by atoms with van der Waals surface area (Å²) in [6.45, 7) is 0.140. The van der Waals surface area contributed by atoms with E-state index < -0.39 is 23.9 Å². The molecule has 1 aromatic rings. The number of carbonyl (C=O) groups excluding carboxylic acids is 1. The standard InChI is InChI=1S/C14H15FN2O3/c15-11-4-3-9(2-1-5-16)6-10(11)14(20)17-7-12(18)13(19)8-17/h3-4,6,12-13,18-19H,5,7-8,16H2. The van der Waals surface area contributed by atoms with Crippen molar-refractivity contribution in [1.29, 1.82) is 0 Å². The van der Waals surface area contributed by atoms with Crippen LogP contribution in [0.25, 0.3) is 0 Å². The third-order valence-electron chi connectivity index (χ3n) is 3.08. The Balaban J connectivity index is 2.25. The van der Waals surface area contributed by atoms with E-state index in [0.717, 1.165) is 6.07 Å². The summed E-state index contributed by atoms with van der Waals surface area (Å²) < 4.78 is 13.7. The van der Waals surface area contributed by atoms with E-state index in [1.165, 1.54) is 17.0 Å². The van der Waals surface area contributed by atoms with Gasteiger partial charge in [-0.15, -0.1) is 0 Å². The van der Waals surface area contributed by atoms with E-state index in [9.17, 15) is 19.4 Å². The highest BCUT2D eigenvalue weighted by Crippen LogP contribution is 2.17. The van der Waals surface area contributed by atoms with Gasteiger partial charge in [0.25, 0.3) is 5.91 Å². The maximum atomic E-state index is 13.7. The number of rotatable bonds is 1. The predicted octanol–water partition coefficient (Wildman–Crippen LogP) is -0.687. The van der Waals surface area contributed by atoms with Crippen molar-refractivity contribution in [2.24, 2.45) is 5.73 Å². The number of β-amino-alcohol motifs (C(OH)–C–C–N with tert-alkyl or cyclic N) is 2. The third kappa shape index (κ3) is 2.96. The zero-order valence-electron chi connectivity index (χ0n) is 10.7. The Labute approximate surface area is 115 Å². The lowest BCUT2D eigenvalue weighted by atomic mass is 10.1. The summed E-state index contributed by atoms with van der Waals surface area (Å²) in [4.78, 5) is 13.4. The van der Waals surface area contributed by atoms with Gasteiger partial charge in [-0.1, -0.05) is 11.8 Å².